The third-order valence-corrected chi connectivity index (χ3v) is 2.36. The van der Waals surface area contributed by atoms with Crippen LogP contribution in [-0.4, -0.2) is 17.6 Å². The third kappa shape index (κ3) is 3.55. The molecule has 4 heteroatoms. The van der Waals surface area contributed by atoms with E-state index in [4.69, 9.17) is 4.42 Å². The minimum absolute atomic E-state index is 0.602. The largest absolute Gasteiger partial charge is 0.432 e. The Morgan fingerprint density at radius 2 is 2.33 bits per heavy atom. The van der Waals surface area contributed by atoms with E-state index in [0.29, 0.717) is 18.0 Å². The van der Waals surface area contributed by atoms with Gasteiger partial charge in [0, 0.05) is 19.1 Å². The molecule has 0 aromatic carbocycles. The van der Waals surface area contributed by atoms with Gasteiger partial charge in [-0.3, -0.25) is 0 Å². The van der Waals surface area contributed by atoms with Crippen molar-refractivity contribution in [3.05, 3.63) is 12.0 Å². The van der Waals surface area contributed by atoms with Crippen LogP contribution >= 0.6 is 0 Å². The molecule has 0 spiro atoms. The summed E-state index contributed by atoms with van der Waals surface area (Å²) in [5, 5.41) is 6.56. The van der Waals surface area contributed by atoms with Crippen LogP contribution in [0.1, 0.15) is 32.4 Å². The van der Waals surface area contributed by atoms with E-state index in [1.54, 1.807) is 6.26 Å². The first-order valence-corrected chi connectivity index (χ1v) is 5.65. The van der Waals surface area contributed by atoms with Crippen molar-refractivity contribution in [3.8, 4) is 0 Å². The van der Waals surface area contributed by atoms with Crippen molar-refractivity contribution in [3.63, 3.8) is 0 Å². The number of nitrogens with one attached hydrogen (secondary N) is 2. The summed E-state index contributed by atoms with van der Waals surface area (Å²) in [6, 6.07) is 1.35. The maximum Gasteiger partial charge on any atom is 0.294 e. The lowest BCUT2D eigenvalue weighted by molar-refractivity contribution is 0.557. The molecule has 0 saturated heterocycles. The standard InChI is InChI=1S/C11H19N3O/c1-8(2)5-13-11-14-10(7-15-11)6-12-9-3-4-9/h7-9,12H,3-6H2,1-2H3,(H,13,14). The molecule has 1 aromatic heterocycles. The topological polar surface area (TPSA) is 50.1 Å². The molecular formula is C11H19N3O. The van der Waals surface area contributed by atoms with E-state index in [1.807, 2.05) is 0 Å². The predicted octanol–water partition coefficient (Wildman–Crippen LogP) is 1.99. The average Bonchev–Trinajstić information content (AvgIpc) is 2.92. The summed E-state index contributed by atoms with van der Waals surface area (Å²) < 4.78 is 5.31. The van der Waals surface area contributed by atoms with Gasteiger partial charge in [-0.1, -0.05) is 13.8 Å². The molecule has 0 aliphatic heterocycles. The monoisotopic (exact) mass is 209 g/mol. The highest BCUT2D eigenvalue weighted by Gasteiger charge is 2.20. The summed E-state index contributed by atoms with van der Waals surface area (Å²) in [5.74, 6) is 0.602. The molecule has 1 aliphatic carbocycles. The van der Waals surface area contributed by atoms with Crippen molar-refractivity contribution in [2.75, 3.05) is 11.9 Å². The number of hydrogen-bond acceptors (Lipinski definition) is 4. The molecule has 1 aromatic rings. The number of hydrogen-bond donors (Lipinski definition) is 2. The molecule has 15 heavy (non-hydrogen) atoms. The van der Waals surface area contributed by atoms with Crippen molar-refractivity contribution in [1.82, 2.24) is 10.3 Å². The van der Waals surface area contributed by atoms with Gasteiger partial charge in [-0.15, -0.1) is 0 Å². The van der Waals surface area contributed by atoms with Gasteiger partial charge in [0.05, 0.1) is 5.69 Å². The summed E-state index contributed by atoms with van der Waals surface area (Å²) in [6.45, 7) is 6.03. The van der Waals surface area contributed by atoms with E-state index in [0.717, 1.165) is 18.8 Å². The van der Waals surface area contributed by atoms with Crippen molar-refractivity contribution >= 4 is 6.01 Å². The Labute approximate surface area is 90.5 Å². The summed E-state index contributed by atoms with van der Waals surface area (Å²) in [5.41, 5.74) is 0.980. The predicted molar refractivity (Wildman–Crippen MR) is 59.7 cm³/mol. The second-order valence-corrected chi connectivity index (χ2v) is 4.57. The normalized spacial score (nSPS) is 15.9. The molecule has 1 aliphatic rings. The molecule has 1 saturated carbocycles. The lowest BCUT2D eigenvalue weighted by atomic mass is 10.2. The molecule has 84 valence electrons. The average molecular weight is 209 g/mol. The number of nitrogens with zero attached hydrogens (tertiary/aromatic N) is 1. The first-order valence-electron chi connectivity index (χ1n) is 5.65. The summed E-state index contributed by atoms with van der Waals surface area (Å²) >= 11 is 0. The van der Waals surface area contributed by atoms with Gasteiger partial charge < -0.3 is 15.1 Å². The number of aromatic nitrogens is 1. The summed E-state index contributed by atoms with van der Waals surface area (Å²) in [4.78, 5) is 4.34. The van der Waals surface area contributed by atoms with E-state index in [9.17, 15) is 0 Å². The van der Waals surface area contributed by atoms with E-state index < -0.39 is 0 Å². The van der Waals surface area contributed by atoms with Gasteiger partial charge in [-0.25, -0.2) is 0 Å². The maximum absolute atomic E-state index is 5.31. The minimum atomic E-state index is 0.602. The van der Waals surface area contributed by atoms with Crippen molar-refractivity contribution in [2.24, 2.45) is 5.92 Å². The fourth-order valence-corrected chi connectivity index (χ4v) is 1.30. The van der Waals surface area contributed by atoms with Crippen LogP contribution in [0.2, 0.25) is 0 Å². The molecule has 0 unspecified atom stereocenters. The zero-order valence-corrected chi connectivity index (χ0v) is 9.42. The Hall–Kier alpha value is -1.03. The first kappa shape index (κ1) is 10.5. The van der Waals surface area contributed by atoms with Gasteiger partial charge in [0.25, 0.3) is 6.01 Å². The van der Waals surface area contributed by atoms with Crippen LogP contribution in [0, 0.1) is 5.92 Å². The van der Waals surface area contributed by atoms with Gasteiger partial charge in [-0.05, 0) is 18.8 Å². The van der Waals surface area contributed by atoms with E-state index in [1.165, 1.54) is 12.8 Å². The third-order valence-electron chi connectivity index (χ3n) is 2.36. The Kier molecular flexibility index (Phi) is 3.26. The van der Waals surface area contributed by atoms with Crippen molar-refractivity contribution in [2.45, 2.75) is 39.3 Å². The van der Waals surface area contributed by atoms with E-state index >= 15 is 0 Å². The van der Waals surface area contributed by atoms with Gasteiger partial charge in [-0.2, -0.15) is 4.98 Å². The smallest absolute Gasteiger partial charge is 0.294 e. The molecule has 0 bridgehead atoms. The highest BCUT2D eigenvalue weighted by molar-refractivity contribution is 5.21. The lowest BCUT2D eigenvalue weighted by Gasteiger charge is -2.03. The molecule has 0 amide bonds. The molecular weight excluding hydrogens is 190 g/mol. The molecule has 1 heterocycles. The molecule has 1 fully saturated rings. The van der Waals surface area contributed by atoms with Crippen LogP contribution in [0.4, 0.5) is 6.01 Å². The van der Waals surface area contributed by atoms with Gasteiger partial charge in [0.1, 0.15) is 6.26 Å². The van der Waals surface area contributed by atoms with Crippen molar-refractivity contribution in [1.29, 1.82) is 0 Å². The lowest BCUT2D eigenvalue weighted by Crippen LogP contribution is -2.15. The zero-order valence-electron chi connectivity index (χ0n) is 9.42. The minimum Gasteiger partial charge on any atom is -0.432 e. The number of anilines is 1. The van der Waals surface area contributed by atoms with Crippen LogP contribution in [-0.2, 0) is 6.54 Å². The molecule has 2 rings (SSSR count). The van der Waals surface area contributed by atoms with Crippen molar-refractivity contribution < 1.29 is 4.42 Å². The maximum atomic E-state index is 5.31. The van der Waals surface area contributed by atoms with Gasteiger partial charge in [0.2, 0.25) is 0 Å². The first-order chi connectivity index (χ1) is 7.24. The second-order valence-electron chi connectivity index (χ2n) is 4.57. The Morgan fingerprint density at radius 1 is 1.53 bits per heavy atom. The fourth-order valence-electron chi connectivity index (χ4n) is 1.30. The highest BCUT2D eigenvalue weighted by atomic mass is 16.4. The summed E-state index contributed by atoms with van der Waals surface area (Å²) in [6.07, 6.45) is 4.32. The number of rotatable bonds is 6. The Bertz CT molecular complexity index is 284. The SMILES string of the molecule is CC(C)CNc1nc(CNC2CC2)co1. The Balaban J connectivity index is 1.75. The molecule has 0 atom stereocenters. The highest BCUT2D eigenvalue weighted by Crippen LogP contribution is 2.19. The zero-order chi connectivity index (χ0) is 10.7. The van der Waals surface area contributed by atoms with Gasteiger partial charge >= 0.3 is 0 Å². The molecule has 4 nitrogen and oxygen atoms in total. The van der Waals surface area contributed by atoms with Crippen LogP contribution < -0.4 is 10.6 Å². The second kappa shape index (κ2) is 4.66. The van der Waals surface area contributed by atoms with Crippen LogP contribution in [0.15, 0.2) is 10.7 Å². The quantitative estimate of drug-likeness (QED) is 0.752. The molecule has 0 radical (unpaired) electrons. The van der Waals surface area contributed by atoms with Gasteiger partial charge in [0.15, 0.2) is 0 Å². The summed E-state index contributed by atoms with van der Waals surface area (Å²) in [7, 11) is 0. The van der Waals surface area contributed by atoms with Crippen LogP contribution in [0.25, 0.3) is 0 Å². The van der Waals surface area contributed by atoms with Crippen LogP contribution in [0.5, 0.6) is 0 Å². The number of oxazole rings is 1. The fraction of sp³-hybridized carbons (Fsp3) is 0.727. The Morgan fingerprint density at radius 3 is 3.00 bits per heavy atom. The van der Waals surface area contributed by atoms with E-state index in [2.05, 4.69) is 29.5 Å². The van der Waals surface area contributed by atoms with E-state index in [-0.39, 0.29) is 0 Å². The van der Waals surface area contributed by atoms with Crippen LogP contribution in [0.3, 0.4) is 0 Å². The molecule has 2 N–H and O–H groups in total.